The fourth-order valence-corrected chi connectivity index (χ4v) is 1.24. The predicted octanol–water partition coefficient (Wildman–Crippen LogP) is 2.38. The standard InChI is InChI=1S/C12H11NO2/c1-8-3-5-10(6-4-8)9(2)11(7-13)12(14)15/h3-6H,1-2H3,(H,14,15)/b11-9+. The van der Waals surface area contributed by atoms with Gasteiger partial charge in [0, 0.05) is 0 Å². The summed E-state index contributed by atoms with van der Waals surface area (Å²) in [6.07, 6.45) is 0. The third kappa shape index (κ3) is 2.44. The molecule has 0 bridgehead atoms. The number of aliphatic carboxylic acids is 1. The molecule has 0 aromatic heterocycles. The van der Waals surface area contributed by atoms with Gasteiger partial charge in [0.1, 0.15) is 11.6 Å². The third-order valence-corrected chi connectivity index (χ3v) is 2.19. The number of hydrogen-bond acceptors (Lipinski definition) is 2. The molecule has 0 radical (unpaired) electrons. The molecule has 3 nitrogen and oxygen atoms in total. The third-order valence-electron chi connectivity index (χ3n) is 2.19. The van der Waals surface area contributed by atoms with Gasteiger partial charge in [-0.3, -0.25) is 0 Å². The minimum absolute atomic E-state index is 0.209. The van der Waals surface area contributed by atoms with Crippen LogP contribution in [0, 0.1) is 18.3 Å². The van der Waals surface area contributed by atoms with Crippen LogP contribution in [0.5, 0.6) is 0 Å². The van der Waals surface area contributed by atoms with Crippen LogP contribution in [-0.4, -0.2) is 11.1 Å². The molecule has 0 fully saturated rings. The van der Waals surface area contributed by atoms with Gasteiger partial charge in [0.15, 0.2) is 0 Å². The molecule has 0 saturated heterocycles. The number of carbonyl (C=O) groups is 1. The largest absolute Gasteiger partial charge is 0.477 e. The summed E-state index contributed by atoms with van der Waals surface area (Å²) in [5.74, 6) is -1.18. The van der Waals surface area contributed by atoms with E-state index in [1.54, 1.807) is 13.0 Å². The zero-order chi connectivity index (χ0) is 11.4. The zero-order valence-electron chi connectivity index (χ0n) is 8.61. The first-order chi connectivity index (χ1) is 7.06. The van der Waals surface area contributed by atoms with E-state index in [0.29, 0.717) is 5.57 Å². The lowest BCUT2D eigenvalue weighted by Gasteiger charge is -2.03. The SMILES string of the molecule is C/C(=C(/C#N)C(=O)O)c1ccc(C)cc1. The Bertz CT molecular complexity index is 450. The number of carboxylic acids is 1. The molecule has 15 heavy (non-hydrogen) atoms. The molecule has 0 atom stereocenters. The number of allylic oxidation sites excluding steroid dienone is 1. The highest BCUT2D eigenvalue weighted by Gasteiger charge is 2.11. The Morgan fingerprint density at radius 3 is 2.27 bits per heavy atom. The second-order valence-corrected chi connectivity index (χ2v) is 3.28. The van der Waals surface area contributed by atoms with Crippen LogP contribution in [0.3, 0.4) is 0 Å². The van der Waals surface area contributed by atoms with E-state index in [1.807, 2.05) is 31.2 Å². The number of carboxylic acid groups (broad SMARTS) is 1. The summed E-state index contributed by atoms with van der Waals surface area (Å²) in [6.45, 7) is 3.59. The van der Waals surface area contributed by atoms with Crippen LogP contribution >= 0.6 is 0 Å². The first kappa shape index (κ1) is 11.0. The number of aryl methyl sites for hydroxylation is 1. The topological polar surface area (TPSA) is 61.1 Å². The Morgan fingerprint density at radius 1 is 1.33 bits per heavy atom. The molecule has 0 heterocycles. The average Bonchev–Trinajstić information content (AvgIpc) is 2.19. The average molecular weight is 201 g/mol. The van der Waals surface area contributed by atoms with Crippen molar-refractivity contribution in [3.8, 4) is 6.07 Å². The highest BCUT2D eigenvalue weighted by atomic mass is 16.4. The van der Waals surface area contributed by atoms with E-state index in [9.17, 15) is 4.79 Å². The molecular weight excluding hydrogens is 190 g/mol. The normalized spacial score (nSPS) is 11.5. The molecule has 1 N–H and O–H groups in total. The van der Waals surface area contributed by atoms with E-state index in [-0.39, 0.29) is 5.57 Å². The van der Waals surface area contributed by atoms with Gasteiger partial charge in [0.05, 0.1) is 0 Å². The van der Waals surface area contributed by atoms with Crippen LogP contribution < -0.4 is 0 Å². The maximum atomic E-state index is 10.7. The summed E-state index contributed by atoms with van der Waals surface area (Å²) < 4.78 is 0. The number of hydrogen-bond donors (Lipinski definition) is 1. The summed E-state index contributed by atoms with van der Waals surface area (Å²) in [4.78, 5) is 10.7. The maximum absolute atomic E-state index is 10.7. The molecule has 1 aromatic rings. The number of nitrogens with zero attached hydrogens (tertiary/aromatic N) is 1. The number of rotatable bonds is 2. The quantitative estimate of drug-likeness (QED) is 0.590. The van der Waals surface area contributed by atoms with Gasteiger partial charge in [-0.1, -0.05) is 29.8 Å². The van der Waals surface area contributed by atoms with Crippen molar-refractivity contribution in [2.45, 2.75) is 13.8 Å². The Morgan fingerprint density at radius 2 is 1.87 bits per heavy atom. The van der Waals surface area contributed by atoms with Crippen molar-refractivity contribution in [2.24, 2.45) is 0 Å². The number of benzene rings is 1. The number of nitriles is 1. The fourth-order valence-electron chi connectivity index (χ4n) is 1.24. The monoisotopic (exact) mass is 201 g/mol. The van der Waals surface area contributed by atoms with Gasteiger partial charge in [-0.2, -0.15) is 5.26 Å². The minimum Gasteiger partial charge on any atom is -0.477 e. The zero-order valence-corrected chi connectivity index (χ0v) is 8.61. The highest BCUT2D eigenvalue weighted by molar-refractivity contribution is 6.00. The van der Waals surface area contributed by atoms with E-state index in [2.05, 4.69) is 0 Å². The molecule has 0 aliphatic carbocycles. The first-order valence-electron chi connectivity index (χ1n) is 4.47. The van der Waals surface area contributed by atoms with Crippen molar-refractivity contribution >= 4 is 11.5 Å². The van der Waals surface area contributed by atoms with Crippen molar-refractivity contribution in [3.63, 3.8) is 0 Å². The molecule has 1 aromatic carbocycles. The molecule has 0 spiro atoms. The summed E-state index contributed by atoms with van der Waals surface area (Å²) in [6, 6.07) is 9.08. The van der Waals surface area contributed by atoms with Gasteiger partial charge in [-0.15, -0.1) is 0 Å². The maximum Gasteiger partial charge on any atom is 0.346 e. The predicted molar refractivity (Wildman–Crippen MR) is 57.0 cm³/mol. The smallest absolute Gasteiger partial charge is 0.346 e. The van der Waals surface area contributed by atoms with E-state index in [4.69, 9.17) is 10.4 Å². The van der Waals surface area contributed by atoms with Gasteiger partial charge >= 0.3 is 5.97 Å². The lowest BCUT2D eigenvalue weighted by atomic mass is 10.0. The van der Waals surface area contributed by atoms with Crippen LogP contribution in [0.2, 0.25) is 0 Å². The molecule has 0 unspecified atom stereocenters. The summed E-state index contributed by atoms with van der Waals surface area (Å²) >= 11 is 0. The van der Waals surface area contributed by atoms with Gasteiger partial charge in [0.25, 0.3) is 0 Å². The lowest BCUT2D eigenvalue weighted by molar-refractivity contribution is -0.132. The Balaban J connectivity index is 3.24. The van der Waals surface area contributed by atoms with E-state index in [1.165, 1.54) is 0 Å². The molecule has 0 aliphatic rings. The van der Waals surface area contributed by atoms with Gasteiger partial charge in [-0.05, 0) is 25.0 Å². The van der Waals surface area contributed by atoms with Crippen LogP contribution in [0.4, 0.5) is 0 Å². The van der Waals surface area contributed by atoms with E-state index in [0.717, 1.165) is 11.1 Å². The minimum atomic E-state index is -1.18. The van der Waals surface area contributed by atoms with E-state index >= 15 is 0 Å². The van der Waals surface area contributed by atoms with Crippen molar-refractivity contribution in [2.75, 3.05) is 0 Å². The van der Waals surface area contributed by atoms with Gasteiger partial charge in [0.2, 0.25) is 0 Å². The lowest BCUT2D eigenvalue weighted by Crippen LogP contribution is -2.00. The summed E-state index contributed by atoms with van der Waals surface area (Å²) in [5, 5.41) is 17.5. The summed E-state index contributed by atoms with van der Waals surface area (Å²) in [5.41, 5.74) is 2.14. The molecule has 0 amide bonds. The van der Waals surface area contributed by atoms with E-state index < -0.39 is 5.97 Å². The van der Waals surface area contributed by atoms with Crippen molar-refractivity contribution in [1.82, 2.24) is 0 Å². The Labute approximate surface area is 88.3 Å². The molecule has 0 saturated carbocycles. The van der Waals surface area contributed by atoms with Crippen LogP contribution in [0.25, 0.3) is 5.57 Å². The highest BCUT2D eigenvalue weighted by Crippen LogP contribution is 2.18. The Hall–Kier alpha value is -2.08. The Kier molecular flexibility index (Phi) is 3.25. The fraction of sp³-hybridized carbons (Fsp3) is 0.167. The van der Waals surface area contributed by atoms with Crippen molar-refractivity contribution in [1.29, 1.82) is 5.26 Å². The van der Waals surface area contributed by atoms with Crippen molar-refractivity contribution < 1.29 is 9.90 Å². The summed E-state index contributed by atoms with van der Waals surface area (Å²) in [7, 11) is 0. The van der Waals surface area contributed by atoms with Crippen LogP contribution in [0.15, 0.2) is 29.8 Å². The van der Waals surface area contributed by atoms with Crippen molar-refractivity contribution in [3.05, 3.63) is 41.0 Å². The first-order valence-corrected chi connectivity index (χ1v) is 4.47. The second kappa shape index (κ2) is 4.43. The molecular formula is C12H11NO2. The molecule has 1 rings (SSSR count). The van der Waals surface area contributed by atoms with Gasteiger partial charge < -0.3 is 5.11 Å². The van der Waals surface area contributed by atoms with Crippen LogP contribution in [-0.2, 0) is 4.79 Å². The molecule has 0 aliphatic heterocycles. The molecule has 3 heteroatoms. The van der Waals surface area contributed by atoms with Crippen LogP contribution in [0.1, 0.15) is 18.1 Å². The second-order valence-electron chi connectivity index (χ2n) is 3.28. The van der Waals surface area contributed by atoms with Gasteiger partial charge in [-0.25, -0.2) is 4.79 Å². The molecule has 76 valence electrons.